The maximum atomic E-state index is 13.6. The lowest BCUT2D eigenvalue weighted by Gasteiger charge is -2.29. The molecule has 35 heavy (non-hydrogen) atoms. The summed E-state index contributed by atoms with van der Waals surface area (Å²) in [5.41, 5.74) is 3.71. The molecule has 1 amide bonds. The van der Waals surface area contributed by atoms with Crippen molar-refractivity contribution in [3.63, 3.8) is 0 Å². The molecule has 1 unspecified atom stereocenters. The maximum absolute atomic E-state index is 13.6. The molecule has 2 N–H and O–H groups in total. The van der Waals surface area contributed by atoms with Gasteiger partial charge >= 0.3 is 0 Å². The van der Waals surface area contributed by atoms with E-state index in [-0.39, 0.29) is 5.91 Å². The minimum atomic E-state index is -0.518. The summed E-state index contributed by atoms with van der Waals surface area (Å²) in [6.45, 7) is 2.87. The molecule has 0 saturated heterocycles. The van der Waals surface area contributed by atoms with Gasteiger partial charge in [0.2, 0.25) is 5.95 Å². The fraction of sp³-hybridized carbons (Fsp3) is 0.148. The lowest BCUT2D eigenvalue weighted by molar-refractivity contribution is -0.113. The van der Waals surface area contributed by atoms with Crippen LogP contribution in [0, 0.1) is 0 Å². The number of para-hydroxylation sites is 1. The highest BCUT2D eigenvalue weighted by molar-refractivity contribution is 6.06. The van der Waals surface area contributed by atoms with Gasteiger partial charge in [-0.3, -0.25) is 4.79 Å². The predicted molar refractivity (Wildman–Crippen MR) is 132 cm³/mol. The smallest absolute Gasteiger partial charge is 0.255 e. The van der Waals surface area contributed by atoms with E-state index in [1.54, 1.807) is 4.68 Å². The van der Waals surface area contributed by atoms with Gasteiger partial charge in [-0.15, -0.1) is 5.10 Å². The molecule has 4 aromatic rings. The van der Waals surface area contributed by atoms with Gasteiger partial charge in [0.05, 0.1) is 5.57 Å². The number of aromatic nitrogens is 3. The van der Waals surface area contributed by atoms with Crippen LogP contribution in [0.1, 0.15) is 18.5 Å². The molecule has 3 heterocycles. The summed E-state index contributed by atoms with van der Waals surface area (Å²) >= 11 is 0. The second-order valence-corrected chi connectivity index (χ2v) is 8.36. The first-order valence-electron chi connectivity index (χ1n) is 11.4. The Morgan fingerprint density at radius 3 is 2.46 bits per heavy atom. The molecule has 3 aromatic carbocycles. The van der Waals surface area contributed by atoms with E-state index in [0.717, 1.165) is 11.1 Å². The molecular weight excluding hydrogens is 442 g/mol. The Hall–Kier alpha value is -4.59. The van der Waals surface area contributed by atoms with Crippen molar-refractivity contribution in [2.24, 2.45) is 0 Å². The number of hydrogen-bond acceptors (Lipinski definition) is 6. The van der Waals surface area contributed by atoms with Crippen LogP contribution in [0.15, 0.2) is 90.1 Å². The van der Waals surface area contributed by atoms with Crippen LogP contribution in [-0.2, 0) is 4.79 Å². The number of nitrogens with zero attached hydrogens (tertiary/aromatic N) is 3. The van der Waals surface area contributed by atoms with Crippen molar-refractivity contribution in [1.29, 1.82) is 0 Å². The fourth-order valence-electron chi connectivity index (χ4n) is 4.41. The van der Waals surface area contributed by atoms with Crippen LogP contribution < -0.4 is 20.1 Å². The number of anilines is 2. The summed E-state index contributed by atoms with van der Waals surface area (Å²) < 4.78 is 13.3. The molecular formula is C27H23N5O3. The quantitative estimate of drug-likeness (QED) is 0.456. The van der Waals surface area contributed by atoms with Crippen LogP contribution in [0.5, 0.6) is 11.5 Å². The van der Waals surface area contributed by atoms with Gasteiger partial charge in [-0.1, -0.05) is 54.6 Å². The minimum absolute atomic E-state index is 0.219. The Bertz CT molecular complexity index is 1430. The first-order valence-corrected chi connectivity index (χ1v) is 11.4. The molecule has 2 aliphatic heterocycles. The van der Waals surface area contributed by atoms with E-state index >= 15 is 0 Å². The van der Waals surface area contributed by atoms with E-state index in [0.29, 0.717) is 53.4 Å². The van der Waals surface area contributed by atoms with Gasteiger partial charge in [-0.2, -0.15) is 4.98 Å². The number of ether oxygens (including phenoxy) is 2. The number of benzene rings is 3. The highest BCUT2D eigenvalue weighted by Gasteiger charge is 2.35. The number of fused-ring (bicyclic) bond motifs is 2. The Morgan fingerprint density at radius 2 is 1.69 bits per heavy atom. The standard InChI is InChI=1S/C27H23N5O3/c1-17-23(26(33)29-20-10-6-3-7-11-20)24(19-12-13-21-22(16-19)35-15-14-34-21)32-27(28-17)30-25(31-32)18-8-4-2-5-9-18/h2-13,16,24H,14-15H2,1H3,(H,29,33)(H,28,30,31). The number of amides is 1. The topological polar surface area (TPSA) is 90.3 Å². The van der Waals surface area contributed by atoms with E-state index in [1.807, 2.05) is 85.8 Å². The molecule has 6 rings (SSSR count). The van der Waals surface area contributed by atoms with Crippen molar-refractivity contribution < 1.29 is 14.3 Å². The van der Waals surface area contributed by atoms with Crippen LogP contribution in [0.2, 0.25) is 0 Å². The largest absolute Gasteiger partial charge is 0.486 e. The van der Waals surface area contributed by atoms with Gasteiger partial charge in [0, 0.05) is 16.9 Å². The Morgan fingerprint density at radius 1 is 0.971 bits per heavy atom. The van der Waals surface area contributed by atoms with Gasteiger partial charge < -0.3 is 20.1 Å². The Kier molecular flexibility index (Phi) is 5.18. The molecule has 8 heteroatoms. The van der Waals surface area contributed by atoms with Crippen LogP contribution in [0.25, 0.3) is 11.4 Å². The van der Waals surface area contributed by atoms with E-state index in [2.05, 4.69) is 10.6 Å². The van der Waals surface area contributed by atoms with Crippen LogP contribution in [0.3, 0.4) is 0 Å². The first kappa shape index (κ1) is 21.0. The summed E-state index contributed by atoms with van der Waals surface area (Å²) in [5.74, 6) is 2.26. The summed E-state index contributed by atoms with van der Waals surface area (Å²) in [6.07, 6.45) is 0. The number of allylic oxidation sites excluding steroid dienone is 1. The second kappa shape index (κ2) is 8.64. The highest BCUT2D eigenvalue weighted by atomic mass is 16.6. The molecule has 174 valence electrons. The van der Waals surface area contributed by atoms with E-state index in [1.165, 1.54) is 0 Å². The lowest BCUT2D eigenvalue weighted by Crippen LogP contribution is -2.31. The SMILES string of the molecule is CC1=C(C(=O)Nc2ccccc2)C(c2ccc3c(c2)OCCO3)n2nc(-c3ccccc3)nc2N1. The molecule has 0 saturated carbocycles. The molecule has 1 atom stereocenters. The molecule has 2 aliphatic rings. The first-order chi connectivity index (χ1) is 17.2. The molecule has 0 aliphatic carbocycles. The number of carbonyl (C=O) groups is 1. The number of rotatable bonds is 4. The van der Waals surface area contributed by atoms with Crippen molar-refractivity contribution in [1.82, 2.24) is 14.8 Å². The third kappa shape index (κ3) is 3.89. The zero-order chi connectivity index (χ0) is 23.8. The summed E-state index contributed by atoms with van der Waals surface area (Å²) in [4.78, 5) is 18.3. The zero-order valence-electron chi connectivity index (χ0n) is 19.1. The molecule has 8 nitrogen and oxygen atoms in total. The summed E-state index contributed by atoms with van der Waals surface area (Å²) in [7, 11) is 0. The number of hydrogen-bond donors (Lipinski definition) is 2. The van der Waals surface area contributed by atoms with Crippen molar-refractivity contribution in [3.8, 4) is 22.9 Å². The normalized spacial score (nSPS) is 16.3. The van der Waals surface area contributed by atoms with Gasteiger partial charge in [-0.25, -0.2) is 4.68 Å². The van der Waals surface area contributed by atoms with Crippen molar-refractivity contribution in [2.75, 3.05) is 23.8 Å². The fourth-order valence-corrected chi connectivity index (χ4v) is 4.41. The Labute approximate surface area is 202 Å². The maximum Gasteiger partial charge on any atom is 0.255 e. The molecule has 0 radical (unpaired) electrons. The van der Waals surface area contributed by atoms with Gasteiger partial charge in [-0.05, 0) is 36.8 Å². The average Bonchev–Trinajstić information content (AvgIpc) is 3.32. The van der Waals surface area contributed by atoms with Gasteiger partial charge in [0.1, 0.15) is 19.3 Å². The van der Waals surface area contributed by atoms with E-state index < -0.39 is 6.04 Å². The highest BCUT2D eigenvalue weighted by Crippen LogP contribution is 2.40. The van der Waals surface area contributed by atoms with Gasteiger partial charge in [0.25, 0.3) is 5.91 Å². The molecule has 1 aromatic heterocycles. The number of carbonyl (C=O) groups excluding carboxylic acids is 1. The van der Waals surface area contributed by atoms with Crippen LogP contribution in [-0.4, -0.2) is 33.9 Å². The molecule has 0 bridgehead atoms. The molecule has 0 spiro atoms. The third-order valence-electron chi connectivity index (χ3n) is 6.04. The second-order valence-electron chi connectivity index (χ2n) is 8.36. The van der Waals surface area contributed by atoms with E-state index in [4.69, 9.17) is 19.6 Å². The van der Waals surface area contributed by atoms with Crippen molar-refractivity contribution >= 4 is 17.5 Å². The predicted octanol–water partition coefficient (Wildman–Crippen LogP) is 4.64. The molecule has 0 fully saturated rings. The number of nitrogens with one attached hydrogen (secondary N) is 2. The average molecular weight is 466 g/mol. The summed E-state index contributed by atoms with van der Waals surface area (Å²) in [5, 5.41) is 11.1. The van der Waals surface area contributed by atoms with Crippen LogP contribution >= 0.6 is 0 Å². The summed E-state index contributed by atoms with van der Waals surface area (Å²) in [6, 6.07) is 24.4. The van der Waals surface area contributed by atoms with E-state index in [9.17, 15) is 4.79 Å². The third-order valence-corrected chi connectivity index (χ3v) is 6.04. The lowest BCUT2D eigenvalue weighted by atomic mass is 9.94. The minimum Gasteiger partial charge on any atom is -0.486 e. The van der Waals surface area contributed by atoms with Crippen LogP contribution in [0.4, 0.5) is 11.6 Å². The monoisotopic (exact) mass is 465 g/mol. The van der Waals surface area contributed by atoms with Gasteiger partial charge in [0.15, 0.2) is 17.3 Å². The Balaban J connectivity index is 1.46. The van der Waals surface area contributed by atoms with Crippen molar-refractivity contribution in [2.45, 2.75) is 13.0 Å². The zero-order valence-corrected chi connectivity index (χ0v) is 19.1. The van der Waals surface area contributed by atoms with Crippen molar-refractivity contribution in [3.05, 3.63) is 95.7 Å².